The van der Waals surface area contributed by atoms with E-state index in [1.54, 1.807) is 0 Å². The van der Waals surface area contributed by atoms with Gasteiger partial charge in [0, 0.05) is 5.57 Å². The molecule has 0 aliphatic heterocycles. The molecule has 94 valence electrons. The second-order valence-corrected chi connectivity index (χ2v) is 6.53. The number of carbonyl (C=O) groups excluding carboxylic acids is 2. The number of aldehydes is 2. The van der Waals surface area contributed by atoms with Crippen LogP contribution in [0, 0.1) is 16.7 Å². The molecule has 0 aromatic carbocycles. The summed E-state index contributed by atoms with van der Waals surface area (Å²) in [5, 5.41) is 0. The van der Waals surface area contributed by atoms with Gasteiger partial charge in [-0.2, -0.15) is 0 Å². The molecule has 1 saturated carbocycles. The Kier molecular flexibility index (Phi) is 3.01. The van der Waals surface area contributed by atoms with Crippen LogP contribution in [-0.4, -0.2) is 12.6 Å². The molecule has 0 aromatic rings. The lowest BCUT2D eigenvalue weighted by atomic mass is 9.50. The fraction of sp³-hybridized carbons (Fsp3) is 0.733. The molecule has 2 aliphatic rings. The van der Waals surface area contributed by atoms with E-state index in [0.717, 1.165) is 49.4 Å². The van der Waals surface area contributed by atoms with Crippen LogP contribution >= 0.6 is 0 Å². The first kappa shape index (κ1) is 12.5. The molecule has 1 fully saturated rings. The summed E-state index contributed by atoms with van der Waals surface area (Å²) >= 11 is 0. The highest BCUT2D eigenvalue weighted by Gasteiger charge is 2.50. The Morgan fingerprint density at radius 2 is 1.82 bits per heavy atom. The molecule has 2 heteroatoms. The van der Waals surface area contributed by atoms with Crippen LogP contribution in [-0.2, 0) is 9.59 Å². The maximum atomic E-state index is 11.4. The zero-order valence-corrected chi connectivity index (χ0v) is 11.1. The molecule has 0 aromatic heterocycles. The quantitative estimate of drug-likeness (QED) is 0.687. The van der Waals surface area contributed by atoms with Crippen LogP contribution in [0.25, 0.3) is 0 Å². The summed E-state index contributed by atoms with van der Waals surface area (Å²) in [5.74, 6) is 0.535. The molecule has 0 N–H and O–H groups in total. The number of hydrogen-bond acceptors (Lipinski definition) is 2. The fourth-order valence-corrected chi connectivity index (χ4v) is 4.29. The van der Waals surface area contributed by atoms with Gasteiger partial charge in [-0.3, -0.25) is 9.59 Å². The Balaban J connectivity index is 2.50. The van der Waals surface area contributed by atoms with E-state index in [-0.39, 0.29) is 10.8 Å². The number of allylic oxidation sites excluding steroid dienone is 2. The third-order valence-electron chi connectivity index (χ3n) is 5.15. The predicted molar refractivity (Wildman–Crippen MR) is 67.6 cm³/mol. The largest absolute Gasteiger partial charge is 0.298 e. The van der Waals surface area contributed by atoms with Crippen LogP contribution in [0.15, 0.2) is 11.1 Å². The Bertz CT molecular complexity index is 378. The third-order valence-corrected chi connectivity index (χ3v) is 5.15. The highest BCUT2D eigenvalue weighted by molar-refractivity contribution is 5.88. The maximum absolute atomic E-state index is 11.4. The average molecular weight is 234 g/mol. The molecule has 17 heavy (non-hydrogen) atoms. The Morgan fingerprint density at radius 3 is 2.41 bits per heavy atom. The lowest BCUT2D eigenvalue weighted by Gasteiger charge is -2.53. The van der Waals surface area contributed by atoms with E-state index >= 15 is 0 Å². The smallest absolute Gasteiger partial charge is 0.146 e. The van der Waals surface area contributed by atoms with Gasteiger partial charge in [0.05, 0.1) is 0 Å². The van der Waals surface area contributed by atoms with Crippen LogP contribution in [0.3, 0.4) is 0 Å². The molecule has 0 spiro atoms. The number of fused-ring (bicyclic) bond motifs is 1. The summed E-state index contributed by atoms with van der Waals surface area (Å²) < 4.78 is 0. The van der Waals surface area contributed by atoms with Crippen molar-refractivity contribution in [3.05, 3.63) is 11.1 Å². The van der Waals surface area contributed by atoms with Crippen LogP contribution < -0.4 is 0 Å². The van der Waals surface area contributed by atoms with Crippen LogP contribution in [0.2, 0.25) is 0 Å². The molecule has 0 amide bonds. The zero-order chi connectivity index (χ0) is 12.7. The molecule has 2 rings (SSSR count). The highest BCUT2D eigenvalue weighted by Crippen LogP contribution is 2.58. The maximum Gasteiger partial charge on any atom is 0.146 e. The first-order valence-corrected chi connectivity index (χ1v) is 6.60. The monoisotopic (exact) mass is 234 g/mol. The highest BCUT2D eigenvalue weighted by atomic mass is 16.1. The minimum atomic E-state index is -0.0714. The Labute approximate surface area is 103 Å². The summed E-state index contributed by atoms with van der Waals surface area (Å²) in [6.07, 6.45) is 7.10. The molecule has 2 unspecified atom stereocenters. The van der Waals surface area contributed by atoms with E-state index in [1.165, 1.54) is 6.42 Å². The van der Waals surface area contributed by atoms with Crippen molar-refractivity contribution in [1.29, 1.82) is 0 Å². The van der Waals surface area contributed by atoms with Crippen molar-refractivity contribution in [1.82, 2.24) is 0 Å². The van der Waals surface area contributed by atoms with Gasteiger partial charge in [-0.15, -0.1) is 0 Å². The van der Waals surface area contributed by atoms with Crippen molar-refractivity contribution < 1.29 is 9.59 Å². The van der Waals surface area contributed by atoms with Crippen molar-refractivity contribution in [2.75, 3.05) is 0 Å². The van der Waals surface area contributed by atoms with Gasteiger partial charge in [-0.25, -0.2) is 0 Å². The number of rotatable bonds is 2. The molecule has 0 radical (unpaired) electrons. The van der Waals surface area contributed by atoms with Gasteiger partial charge in [-0.05, 0) is 48.0 Å². The van der Waals surface area contributed by atoms with E-state index < -0.39 is 0 Å². The SMILES string of the molecule is CC1(C)CCCC2(C)C(C=O)=C(C=O)CCC12. The number of carbonyl (C=O) groups is 2. The van der Waals surface area contributed by atoms with Gasteiger partial charge < -0.3 is 0 Å². The van der Waals surface area contributed by atoms with E-state index in [0.29, 0.717) is 5.92 Å². The summed E-state index contributed by atoms with van der Waals surface area (Å²) in [6, 6.07) is 0. The summed E-state index contributed by atoms with van der Waals surface area (Å²) in [5.41, 5.74) is 1.75. The van der Waals surface area contributed by atoms with E-state index in [9.17, 15) is 9.59 Å². The summed E-state index contributed by atoms with van der Waals surface area (Å²) in [6.45, 7) is 6.80. The molecule has 0 bridgehead atoms. The third kappa shape index (κ3) is 1.78. The Morgan fingerprint density at radius 1 is 1.12 bits per heavy atom. The molecule has 2 atom stereocenters. The van der Waals surface area contributed by atoms with Crippen molar-refractivity contribution in [2.45, 2.75) is 52.9 Å². The van der Waals surface area contributed by atoms with Gasteiger partial charge in [0.15, 0.2) is 0 Å². The number of hydrogen-bond donors (Lipinski definition) is 0. The molecular weight excluding hydrogens is 212 g/mol. The van der Waals surface area contributed by atoms with Gasteiger partial charge in [0.1, 0.15) is 12.6 Å². The molecule has 0 saturated heterocycles. The zero-order valence-electron chi connectivity index (χ0n) is 11.1. The van der Waals surface area contributed by atoms with Crippen molar-refractivity contribution in [3.63, 3.8) is 0 Å². The molecular formula is C15H22O2. The first-order valence-electron chi connectivity index (χ1n) is 6.60. The van der Waals surface area contributed by atoms with E-state index in [4.69, 9.17) is 0 Å². The Hall–Kier alpha value is -0.920. The van der Waals surface area contributed by atoms with Gasteiger partial charge in [-0.1, -0.05) is 27.2 Å². The van der Waals surface area contributed by atoms with Crippen molar-refractivity contribution >= 4 is 12.6 Å². The topological polar surface area (TPSA) is 34.1 Å². The van der Waals surface area contributed by atoms with Gasteiger partial charge in [0.25, 0.3) is 0 Å². The second kappa shape index (κ2) is 4.08. The van der Waals surface area contributed by atoms with Crippen LogP contribution in [0.4, 0.5) is 0 Å². The second-order valence-electron chi connectivity index (χ2n) is 6.53. The van der Waals surface area contributed by atoms with E-state index in [1.807, 2.05) is 0 Å². The van der Waals surface area contributed by atoms with Gasteiger partial charge >= 0.3 is 0 Å². The minimum absolute atomic E-state index is 0.0714. The van der Waals surface area contributed by atoms with Crippen LogP contribution in [0.5, 0.6) is 0 Å². The van der Waals surface area contributed by atoms with Crippen LogP contribution in [0.1, 0.15) is 52.9 Å². The van der Waals surface area contributed by atoms with Crippen molar-refractivity contribution in [2.24, 2.45) is 16.7 Å². The molecule has 0 heterocycles. The lowest BCUT2D eigenvalue weighted by Crippen LogP contribution is -2.46. The molecule has 2 aliphatic carbocycles. The van der Waals surface area contributed by atoms with Crippen molar-refractivity contribution in [3.8, 4) is 0 Å². The predicted octanol–water partition coefficient (Wildman–Crippen LogP) is 3.31. The summed E-state index contributed by atoms with van der Waals surface area (Å²) in [4.78, 5) is 22.5. The van der Waals surface area contributed by atoms with Gasteiger partial charge in [0.2, 0.25) is 0 Å². The lowest BCUT2D eigenvalue weighted by molar-refractivity contribution is -0.110. The fourth-order valence-electron chi connectivity index (χ4n) is 4.29. The summed E-state index contributed by atoms with van der Waals surface area (Å²) in [7, 11) is 0. The first-order chi connectivity index (χ1) is 7.95. The standard InChI is InChI=1S/C15H22O2/c1-14(2)7-4-8-15(3)12(10-17)11(9-16)5-6-13(14)15/h9-10,13H,4-8H2,1-3H3. The normalized spacial score (nSPS) is 36.3. The van der Waals surface area contributed by atoms with E-state index in [2.05, 4.69) is 20.8 Å². The minimum Gasteiger partial charge on any atom is -0.298 e. The molecule has 2 nitrogen and oxygen atoms in total. The average Bonchev–Trinajstić information content (AvgIpc) is 2.26.